The molecule has 0 atom stereocenters. The third-order valence-electron chi connectivity index (χ3n) is 5.04. The lowest BCUT2D eigenvalue weighted by atomic mass is 10.1. The lowest BCUT2D eigenvalue weighted by Gasteiger charge is -2.06. The van der Waals surface area contributed by atoms with Gasteiger partial charge in [-0.05, 0) is 47.5 Å². The van der Waals surface area contributed by atoms with Crippen LogP contribution >= 0.6 is 11.6 Å². The summed E-state index contributed by atoms with van der Waals surface area (Å²) < 4.78 is 6.91. The Morgan fingerprint density at radius 2 is 1.94 bits per heavy atom. The predicted molar refractivity (Wildman–Crippen MR) is 125 cm³/mol. The van der Waals surface area contributed by atoms with Crippen molar-refractivity contribution >= 4 is 34.5 Å². The van der Waals surface area contributed by atoms with Crippen LogP contribution in [0.15, 0.2) is 65.8 Å². The second-order valence-corrected chi connectivity index (χ2v) is 7.57. The van der Waals surface area contributed by atoms with Crippen molar-refractivity contribution in [2.75, 3.05) is 7.11 Å². The fraction of sp³-hybridized carbons (Fsp3) is 0.125. The summed E-state index contributed by atoms with van der Waals surface area (Å²) in [5, 5.41) is 20.8. The van der Waals surface area contributed by atoms with Crippen molar-refractivity contribution in [2.45, 2.75) is 13.5 Å². The van der Waals surface area contributed by atoms with Crippen LogP contribution in [0.1, 0.15) is 27.2 Å². The number of nitrogens with one attached hydrogen (secondary N) is 1. The number of nitrogens with zero attached hydrogens (tertiary/aromatic N) is 3. The molecule has 0 saturated heterocycles. The smallest absolute Gasteiger partial charge is 0.275 e. The molecule has 0 unspecified atom stereocenters. The first kappa shape index (κ1) is 21.4. The molecule has 4 aromatic rings. The van der Waals surface area contributed by atoms with Crippen LogP contribution < -0.4 is 10.2 Å². The van der Waals surface area contributed by atoms with E-state index in [1.165, 1.54) is 6.21 Å². The Labute approximate surface area is 189 Å². The highest BCUT2D eigenvalue weighted by Gasteiger charge is 2.14. The van der Waals surface area contributed by atoms with E-state index in [4.69, 9.17) is 16.3 Å². The van der Waals surface area contributed by atoms with Crippen molar-refractivity contribution in [2.24, 2.45) is 5.10 Å². The number of aryl methyl sites for hydroxylation is 1. The number of hydrogen-bond donors (Lipinski definition) is 2. The van der Waals surface area contributed by atoms with Crippen molar-refractivity contribution in [3.05, 3.63) is 88.2 Å². The topological polar surface area (TPSA) is 88.7 Å². The van der Waals surface area contributed by atoms with E-state index in [1.807, 2.05) is 55.5 Å². The fourth-order valence-electron chi connectivity index (χ4n) is 3.39. The molecule has 0 fully saturated rings. The van der Waals surface area contributed by atoms with E-state index in [-0.39, 0.29) is 11.3 Å². The van der Waals surface area contributed by atoms with Crippen LogP contribution in [0.3, 0.4) is 0 Å². The quantitative estimate of drug-likeness (QED) is 0.335. The van der Waals surface area contributed by atoms with Crippen molar-refractivity contribution in [3.8, 4) is 11.5 Å². The Hall–Kier alpha value is -3.84. The number of carbonyl (C=O) groups excluding carboxylic acids is 1. The predicted octanol–water partition coefficient (Wildman–Crippen LogP) is 4.52. The maximum atomic E-state index is 12.5. The number of ether oxygens (including phenoxy) is 1. The van der Waals surface area contributed by atoms with E-state index in [2.05, 4.69) is 15.6 Å². The molecule has 3 aromatic carbocycles. The van der Waals surface area contributed by atoms with Gasteiger partial charge in [-0.15, -0.1) is 0 Å². The number of phenols is 1. The lowest BCUT2D eigenvalue weighted by molar-refractivity contribution is 0.0952. The number of methoxy groups -OCH3 is 1. The summed E-state index contributed by atoms with van der Waals surface area (Å²) in [6.07, 6.45) is 1.45. The van der Waals surface area contributed by atoms with E-state index in [1.54, 1.807) is 23.9 Å². The van der Waals surface area contributed by atoms with Crippen molar-refractivity contribution in [1.29, 1.82) is 0 Å². The molecule has 2 N–H and O–H groups in total. The summed E-state index contributed by atoms with van der Waals surface area (Å²) >= 11 is 6.50. The molecule has 0 aliphatic heterocycles. The van der Waals surface area contributed by atoms with Crippen LogP contribution in [0.5, 0.6) is 11.5 Å². The van der Waals surface area contributed by atoms with Crippen LogP contribution in [0.25, 0.3) is 10.8 Å². The lowest BCUT2D eigenvalue weighted by Crippen LogP contribution is -2.17. The van der Waals surface area contributed by atoms with Crippen LogP contribution in [0, 0.1) is 6.92 Å². The van der Waals surface area contributed by atoms with Gasteiger partial charge < -0.3 is 9.84 Å². The normalized spacial score (nSPS) is 11.2. The van der Waals surface area contributed by atoms with Crippen LogP contribution in [0.2, 0.25) is 5.15 Å². The molecule has 162 valence electrons. The van der Waals surface area contributed by atoms with Gasteiger partial charge in [0.05, 0.1) is 36.7 Å². The number of amides is 1. The largest absolute Gasteiger partial charge is 0.507 e. The third kappa shape index (κ3) is 4.43. The van der Waals surface area contributed by atoms with Crippen LogP contribution in [-0.2, 0) is 6.54 Å². The third-order valence-corrected chi connectivity index (χ3v) is 5.44. The first-order chi connectivity index (χ1) is 15.5. The number of phenolic OH excluding ortho intramolecular Hbond substituents is 1. The van der Waals surface area contributed by atoms with Gasteiger partial charge in [-0.3, -0.25) is 4.79 Å². The highest BCUT2D eigenvalue weighted by Crippen LogP contribution is 2.25. The molecule has 7 nitrogen and oxygen atoms in total. The zero-order valence-corrected chi connectivity index (χ0v) is 18.3. The molecule has 1 amide bonds. The van der Waals surface area contributed by atoms with Gasteiger partial charge in [-0.1, -0.05) is 48.0 Å². The van der Waals surface area contributed by atoms with Gasteiger partial charge in [0.2, 0.25) is 0 Å². The molecule has 32 heavy (non-hydrogen) atoms. The summed E-state index contributed by atoms with van der Waals surface area (Å²) in [7, 11) is 1.62. The number of halogens is 1. The Bertz CT molecular complexity index is 1330. The van der Waals surface area contributed by atoms with Gasteiger partial charge in [0.1, 0.15) is 16.7 Å². The first-order valence-corrected chi connectivity index (χ1v) is 10.2. The maximum absolute atomic E-state index is 12.5. The highest BCUT2D eigenvalue weighted by molar-refractivity contribution is 6.32. The summed E-state index contributed by atoms with van der Waals surface area (Å²) in [5.41, 5.74) is 4.83. The molecule has 0 aliphatic rings. The minimum atomic E-state index is -0.526. The summed E-state index contributed by atoms with van der Waals surface area (Å²) in [6.45, 7) is 2.27. The molecule has 0 radical (unpaired) electrons. The Kier molecular flexibility index (Phi) is 6.09. The summed E-state index contributed by atoms with van der Waals surface area (Å²) in [6, 6.07) is 18.3. The zero-order chi connectivity index (χ0) is 22.7. The maximum Gasteiger partial charge on any atom is 0.275 e. The monoisotopic (exact) mass is 448 g/mol. The van der Waals surface area contributed by atoms with E-state index >= 15 is 0 Å². The molecule has 0 bridgehead atoms. The van der Waals surface area contributed by atoms with Gasteiger partial charge >= 0.3 is 0 Å². The second kappa shape index (κ2) is 9.11. The summed E-state index contributed by atoms with van der Waals surface area (Å²) in [5.74, 6) is 0.114. The Balaban J connectivity index is 1.50. The van der Waals surface area contributed by atoms with E-state index < -0.39 is 5.91 Å². The SMILES string of the molecule is COc1cccc(Cn2nc(C)c(/C=N/NC(=O)c3cc4ccccc4cc3O)c2Cl)c1. The first-order valence-electron chi connectivity index (χ1n) is 9.87. The van der Waals surface area contributed by atoms with Gasteiger partial charge in [0.25, 0.3) is 5.91 Å². The van der Waals surface area contributed by atoms with Crippen molar-refractivity contribution in [3.63, 3.8) is 0 Å². The molecular formula is C24H21ClN4O3. The van der Waals surface area contributed by atoms with E-state index in [0.717, 1.165) is 22.1 Å². The minimum Gasteiger partial charge on any atom is -0.507 e. The van der Waals surface area contributed by atoms with Crippen LogP contribution in [0.4, 0.5) is 0 Å². The van der Waals surface area contributed by atoms with Gasteiger partial charge in [0, 0.05) is 0 Å². The summed E-state index contributed by atoms with van der Waals surface area (Å²) in [4.78, 5) is 12.5. The molecular weight excluding hydrogens is 428 g/mol. The molecule has 1 heterocycles. The number of rotatable bonds is 6. The molecule has 0 spiro atoms. The van der Waals surface area contributed by atoms with E-state index in [9.17, 15) is 9.90 Å². The van der Waals surface area contributed by atoms with Gasteiger partial charge in [-0.25, -0.2) is 10.1 Å². The molecule has 8 heteroatoms. The molecule has 4 rings (SSSR count). The van der Waals surface area contributed by atoms with E-state index in [0.29, 0.717) is 23.0 Å². The second-order valence-electron chi connectivity index (χ2n) is 7.21. The van der Waals surface area contributed by atoms with Gasteiger partial charge in [0.15, 0.2) is 0 Å². The number of hydrogen-bond acceptors (Lipinski definition) is 5. The minimum absolute atomic E-state index is 0.114. The van der Waals surface area contributed by atoms with Crippen LogP contribution in [-0.4, -0.2) is 34.1 Å². The zero-order valence-electron chi connectivity index (χ0n) is 17.5. The molecule has 1 aromatic heterocycles. The molecule has 0 aliphatic carbocycles. The standard InChI is InChI=1S/C24H21ClN4O3/c1-15-21(23(25)29(28-15)14-16-6-5-9-19(10-16)32-2)13-26-27-24(31)20-11-17-7-3-4-8-18(17)12-22(20)30/h3-13,30H,14H2,1-2H3,(H,27,31)/b26-13+. The Morgan fingerprint density at radius 3 is 2.69 bits per heavy atom. The Morgan fingerprint density at radius 1 is 1.19 bits per heavy atom. The number of hydrazone groups is 1. The number of fused-ring (bicyclic) bond motifs is 1. The number of aromatic nitrogens is 2. The van der Waals surface area contributed by atoms with Crippen molar-refractivity contribution in [1.82, 2.24) is 15.2 Å². The highest BCUT2D eigenvalue weighted by atomic mass is 35.5. The van der Waals surface area contributed by atoms with Crippen molar-refractivity contribution < 1.29 is 14.6 Å². The molecule has 0 saturated carbocycles. The average Bonchev–Trinajstić information content (AvgIpc) is 3.05. The fourth-order valence-corrected chi connectivity index (χ4v) is 3.67. The van der Waals surface area contributed by atoms with Gasteiger partial charge in [-0.2, -0.15) is 10.2 Å². The number of carbonyl (C=O) groups is 1. The average molecular weight is 449 g/mol. The number of benzene rings is 3. The number of aromatic hydroxyl groups is 1.